The lowest BCUT2D eigenvalue weighted by atomic mass is 9.96. The van der Waals surface area contributed by atoms with Gasteiger partial charge in [0.15, 0.2) is 0 Å². The van der Waals surface area contributed by atoms with Gasteiger partial charge in [-0.1, -0.05) is 6.07 Å². The predicted molar refractivity (Wildman–Crippen MR) is 134 cm³/mol. The molecule has 4 rings (SSSR count). The fraction of sp³-hybridized carbons (Fsp3) is 0.259. The quantitative estimate of drug-likeness (QED) is 0.310. The van der Waals surface area contributed by atoms with E-state index in [1.54, 1.807) is 48.8 Å². The van der Waals surface area contributed by atoms with Crippen molar-refractivity contribution < 1.29 is 14.7 Å². The summed E-state index contributed by atoms with van der Waals surface area (Å²) in [5.74, 6) is -0.485. The number of benzene rings is 2. The number of carbonyl (C=O) groups excluding carboxylic acids is 2. The molecule has 5 N–H and O–H groups in total. The molecule has 1 aliphatic rings. The van der Waals surface area contributed by atoms with Crippen molar-refractivity contribution in [1.82, 2.24) is 15.2 Å². The van der Waals surface area contributed by atoms with Gasteiger partial charge in [-0.15, -0.1) is 0 Å². The first-order valence-corrected chi connectivity index (χ1v) is 11.6. The highest BCUT2D eigenvalue weighted by Gasteiger charge is 2.23. The smallest absolute Gasteiger partial charge is 0.254 e. The molecule has 0 bridgehead atoms. The van der Waals surface area contributed by atoms with E-state index < -0.39 is 6.04 Å². The van der Waals surface area contributed by atoms with E-state index in [0.717, 1.165) is 37.1 Å². The molecule has 1 aliphatic heterocycles. The van der Waals surface area contributed by atoms with E-state index in [0.29, 0.717) is 28.7 Å². The molecule has 0 radical (unpaired) electrons. The van der Waals surface area contributed by atoms with E-state index in [9.17, 15) is 14.7 Å². The van der Waals surface area contributed by atoms with Gasteiger partial charge in [0.05, 0.1) is 6.04 Å². The SMILES string of the molecule is Cc1cc(C(=O)NC(Cc2cccnc2)c2cc(C(=N)N)ccc2O)ccc1C(=O)N1CCCC1. The number of amidine groups is 1. The summed E-state index contributed by atoms with van der Waals surface area (Å²) in [5, 5.41) is 21.3. The lowest BCUT2D eigenvalue weighted by Gasteiger charge is -2.22. The normalized spacial score (nSPS) is 13.9. The minimum atomic E-state index is -0.600. The maximum Gasteiger partial charge on any atom is 0.254 e. The number of rotatable bonds is 7. The molecule has 8 nitrogen and oxygen atoms in total. The van der Waals surface area contributed by atoms with E-state index in [1.807, 2.05) is 17.9 Å². The number of nitrogens with one attached hydrogen (secondary N) is 2. The number of carbonyl (C=O) groups is 2. The number of likely N-dealkylation sites (tertiary alicyclic amines) is 1. The van der Waals surface area contributed by atoms with Crippen molar-refractivity contribution in [2.24, 2.45) is 5.73 Å². The lowest BCUT2D eigenvalue weighted by Crippen LogP contribution is -2.31. The Morgan fingerprint density at radius 3 is 2.54 bits per heavy atom. The third-order valence-electron chi connectivity index (χ3n) is 6.29. The average Bonchev–Trinajstić information content (AvgIpc) is 3.39. The molecule has 0 aliphatic carbocycles. The standard InChI is InChI=1S/C27H29N5O3/c1-17-13-20(6-8-21(17)27(35)32-11-2-3-12-32)26(34)31-23(14-18-5-4-10-30-16-18)22-15-19(25(28)29)7-9-24(22)33/h4-10,13,15-16,23,33H,2-3,11-12,14H2,1H3,(H3,28,29)(H,31,34). The zero-order valence-electron chi connectivity index (χ0n) is 19.6. The second-order valence-corrected chi connectivity index (χ2v) is 8.81. The van der Waals surface area contributed by atoms with Crippen molar-refractivity contribution in [3.8, 4) is 5.75 Å². The third-order valence-corrected chi connectivity index (χ3v) is 6.29. The highest BCUT2D eigenvalue weighted by atomic mass is 16.3. The Kier molecular flexibility index (Phi) is 7.10. The molecule has 0 saturated carbocycles. The van der Waals surface area contributed by atoms with Crippen molar-refractivity contribution in [2.45, 2.75) is 32.2 Å². The van der Waals surface area contributed by atoms with Crippen molar-refractivity contribution in [3.63, 3.8) is 0 Å². The van der Waals surface area contributed by atoms with Crippen LogP contribution in [0.4, 0.5) is 0 Å². The molecule has 1 aromatic heterocycles. The molecule has 2 amide bonds. The number of aromatic hydroxyl groups is 1. The zero-order valence-corrected chi connectivity index (χ0v) is 19.6. The van der Waals surface area contributed by atoms with Crippen LogP contribution in [0.15, 0.2) is 60.9 Å². The molecule has 8 heteroatoms. The molecule has 1 unspecified atom stereocenters. The lowest BCUT2D eigenvalue weighted by molar-refractivity contribution is 0.0791. The maximum absolute atomic E-state index is 13.3. The monoisotopic (exact) mass is 471 g/mol. The first-order valence-electron chi connectivity index (χ1n) is 11.6. The summed E-state index contributed by atoms with van der Waals surface area (Å²) in [7, 11) is 0. The Balaban J connectivity index is 1.61. The van der Waals surface area contributed by atoms with Crippen LogP contribution in [0.1, 0.15) is 61.9 Å². The van der Waals surface area contributed by atoms with Crippen LogP contribution < -0.4 is 11.1 Å². The molecule has 180 valence electrons. The number of aromatic nitrogens is 1. The predicted octanol–water partition coefficient (Wildman–Crippen LogP) is 3.33. The van der Waals surface area contributed by atoms with Crippen LogP contribution in [-0.4, -0.2) is 45.7 Å². The largest absolute Gasteiger partial charge is 0.508 e. The molecule has 0 spiro atoms. The van der Waals surface area contributed by atoms with Crippen LogP contribution in [0.2, 0.25) is 0 Å². The number of nitrogens with two attached hydrogens (primary N) is 1. The summed E-state index contributed by atoms with van der Waals surface area (Å²) < 4.78 is 0. The molecule has 1 saturated heterocycles. The van der Waals surface area contributed by atoms with Crippen LogP contribution >= 0.6 is 0 Å². The van der Waals surface area contributed by atoms with E-state index in [1.165, 1.54) is 6.07 Å². The molecular weight excluding hydrogens is 442 g/mol. The fourth-order valence-electron chi connectivity index (χ4n) is 4.37. The number of phenolic OH excluding ortho intramolecular Hbond substituents is 1. The Hall–Kier alpha value is -4.20. The second-order valence-electron chi connectivity index (χ2n) is 8.81. The third kappa shape index (κ3) is 5.48. The van der Waals surface area contributed by atoms with Gasteiger partial charge in [-0.2, -0.15) is 0 Å². The first-order chi connectivity index (χ1) is 16.8. The summed E-state index contributed by atoms with van der Waals surface area (Å²) >= 11 is 0. The average molecular weight is 472 g/mol. The molecule has 3 aromatic rings. The molecule has 35 heavy (non-hydrogen) atoms. The molecule has 1 fully saturated rings. The Morgan fingerprint density at radius 2 is 1.89 bits per heavy atom. The van der Waals surface area contributed by atoms with Crippen LogP contribution in [-0.2, 0) is 6.42 Å². The van der Waals surface area contributed by atoms with Crippen molar-refractivity contribution in [2.75, 3.05) is 13.1 Å². The summed E-state index contributed by atoms with van der Waals surface area (Å²) in [6.45, 7) is 3.36. The number of aryl methyl sites for hydroxylation is 1. The highest BCUT2D eigenvalue weighted by Crippen LogP contribution is 2.29. The van der Waals surface area contributed by atoms with Crippen molar-refractivity contribution in [1.29, 1.82) is 5.41 Å². The second kappa shape index (κ2) is 10.4. The number of pyridine rings is 1. The number of amides is 2. The van der Waals surface area contributed by atoms with Gasteiger partial charge in [-0.05, 0) is 79.8 Å². The van der Waals surface area contributed by atoms with E-state index >= 15 is 0 Å². The Bertz CT molecular complexity index is 1250. The summed E-state index contributed by atoms with van der Waals surface area (Å²) in [6, 6.07) is 12.8. The van der Waals surface area contributed by atoms with Gasteiger partial charge in [-0.3, -0.25) is 20.0 Å². The number of nitrogens with zero attached hydrogens (tertiary/aromatic N) is 2. The molecule has 2 aromatic carbocycles. The zero-order chi connectivity index (χ0) is 24.9. The maximum atomic E-state index is 13.3. The number of hydrogen-bond acceptors (Lipinski definition) is 5. The minimum Gasteiger partial charge on any atom is -0.508 e. The van der Waals surface area contributed by atoms with Crippen molar-refractivity contribution >= 4 is 17.6 Å². The topological polar surface area (TPSA) is 132 Å². The molecular formula is C27H29N5O3. The Morgan fingerprint density at radius 1 is 1.14 bits per heavy atom. The van der Waals surface area contributed by atoms with Gasteiger partial charge in [0.25, 0.3) is 11.8 Å². The number of phenols is 1. The molecule has 2 heterocycles. The van der Waals surface area contributed by atoms with Gasteiger partial charge in [0, 0.05) is 47.7 Å². The molecule has 1 atom stereocenters. The van der Waals surface area contributed by atoms with Crippen molar-refractivity contribution in [3.05, 3.63) is 94.3 Å². The minimum absolute atomic E-state index is 0.00705. The van der Waals surface area contributed by atoms with E-state index in [-0.39, 0.29) is 23.4 Å². The first kappa shape index (κ1) is 23.9. The fourth-order valence-corrected chi connectivity index (χ4v) is 4.37. The van der Waals surface area contributed by atoms with Crippen LogP contribution in [0.5, 0.6) is 5.75 Å². The number of nitrogen functional groups attached to an aromatic ring is 1. The summed E-state index contributed by atoms with van der Waals surface area (Å²) in [6.07, 6.45) is 5.77. The van der Waals surface area contributed by atoms with E-state index in [2.05, 4.69) is 10.3 Å². The van der Waals surface area contributed by atoms with Gasteiger partial charge >= 0.3 is 0 Å². The van der Waals surface area contributed by atoms with Gasteiger partial charge in [0.1, 0.15) is 11.6 Å². The van der Waals surface area contributed by atoms with Crippen LogP contribution in [0.25, 0.3) is 0 Å². The Labute approximate surface area is 204 Å². The van der Waals surface area contributed by atoms with Crippen LogP contribution in [0, 0.1) is 12.3 Å². The van der Waals surface area contributed by atoms with Gasteiger partial charge in [-0.25, -0.2) is 0 Å². The summed E-state index contributed by atoms with van der Waals surface area (Å²) in [4.78, 5) is 32.1. The highest BCUT2D eigenvalue weighted by molar-refractivity contribution is 5.99. The van der Waals surface area contributed by atoms with Gasteiger partial charge < -0.3 is 21.1 Å². The number of hydrogen-bond donors (Lipinski definition) is 4. The summed E-state index contributed by atoms with van der Waals surface area (Å²) in [5.41, 5.74) is 9.17. The van der Waals surface area contributed by atoms with E-state index in [4.69, 9.17) is 11.1 Å². The van der Waals surface area contributed by atoms with Crippen LogP contribution in [0.3, 0.4) is 0 Å². The van der Waals surface area contributed by atoms with Gasteiger partial charge in [0.2, 0.25) is 0 Å².